The highest BCUT2D eigenvalue weighted by Gasteiger charge is 2.16. The summed E-state index contributed by atoms with van der Waals surface area (Å²) in [5, 5.41) is 3.46. The summed E-state index contributed by atoms with van der Waals surface area (Å²) in [6, 6.07) is 4.77. The first-order valence-corrected chi connectivity index (χ1v) is 6.61. The van der Waals surface area contributed by atoms with Crippen LogP contribution in [0.15, 0.2) is 24.5 Å². The molecule has 2 aromatic heterocycles. The fourth-order valence-electron chi connectivity index (χ4n) is 2.62. The van der Waals surface area contributed by atoms with Crippen LogP contribution in [0, 0.1) is 6.92 Å². The van der Waals surface area contributed by atoms with Crippen molar-refractivity contribution in [2.75, 3.05) is 19.6 Å². The molecule has 0 aromatic carbocycles. The summed E-state index contributed by atoms with van der Waals surface area (Å²) < 4.78 is 2.12. The molecule has 4 nitrogen and oxygen atoms in total. The van der Waals surface area contributed by atoms with Gasteiger partial charge in [0.2, 0.25) is 0 Å². The average molecular weight is 281 g/mol. The molecule has 1 fully saturated rings. The summed E-state index contributed by atoms with van der Waals surface area (Å²) in [5.74, 6) is 0. The minimum Gasteiger partial charge on any atom is -0.312 e. The Morgan fingerprint density at radius 2 is 2.21 bits per heavy atom. The number of nitrogens with one attached hydrogen (secondary N) is 1. The maximum atomic E-state index is 4.67. The zero-order valence-electron chi connectivity index (χ0n) is 11.5. The van der Waals surface area contributed by atoms with E-state index in [0.717, 1.165) is 37.5 Å². The van der Waals surface area contributed by atoms with Gasteiger partial charge in [-0.2, -0.15) is 0 Å². The number of hydrogen-bond donors (Lipinski definition) is 1. The quantitative estimate of drug-likeness (QED) is 0.911. The van der Waals surface area contributed by atoms with Crippen molar-refractivity contribution in [2.24, 2.45) is 0 Å². The van der Waals surface area contributed by atoms with E-state index in [2.05, 4.69) is 58.0 Å². The molecule has 0 bridgehead atoms. The highest BCUT2D eigenvalue weighted by Crippen LogP contribution is 2.10. The van der Waals surface area contributed by atoms with Crippen LogP contribution in [0.3, 0.4) is 0 Å². The van der Waals surface area contributed by atoms with Crippen LogP contribution >= 0.6 is 12.4 Å². The number of piperazine rings is 1. The van der Waals surface area contributed by atoms with Crippen molar-refractivity contribution in [1.82, 2.24) is 19.6 Å². The lowest BCUT2D eigenvalue weighted by molar-refractivity contribution is 0.198. The summed E-state index contributed by atoms with van der Waals surface area (Å²) in [7, 11) is 0. The highest BCUT2D eigenvalue weighted by molar-refractivity contribution is 5.85. The van der Waals surface area contributed by atoms with Gasteiger partial charge in [-0.25, -0.2) is 4.98 Å². The number of aryl methyl sites for hydroxylation is 1. The van der Waals surface area contributed by atoms with E-state index in [4.69, 9.17) is 0 Å². The number of fused-ring (bicyclic) bond motifs is 1. The van der Waals surface area contributed by atoms with Crippen molar-refractivity contribution in [3.63, 3.8) is 0 Å². The molecule has 104 valence electrons. The smallest absolute Gasteiger partial charge is 0.137 e. The Kier molecular flexibility index (Phi) is 4.45. The third-order valence-corrected chi connectivity index (χ3v) is 3.49. The maximum absolute atomic E-state index is 4.67. The fraction of sp³-hybridized carbons (Fsp3) is 0.500. The number of nitrogens with zero attached hydrogens (tertiary/aromatic N) is 3. The number of aromatic nitrogens is 2. The van der Waals surface area contributed by atoms with Crippen molar-refractivity contribution < 1.29 is 0 Å². The molecular weight excluding hydrogens is 260 g/mol. The molecule has 2 aromatic rings. The van der Waals surface area contributed by atoms with Gasteiger partial charge in [-0.05, 0) is 25.5 Å². The molecule has 19 heavy (non-hydrogen) atoms. The Morgan fingerprint density at radius 1 is 1.37 bits per heavy atom. The van der Waals surface area contributed by atoms with E-state index in [1.165, 1.54) is 5.56 Å². The number of halogens is 1. The molecule has 0 amide bonds. The Labute approximate surface area is 120 Å². The van der Waals surface area contributed by atoms with Gasteiger partial charge in [0.25, 0.3) is 0 Å². The molecule has 1 saturated heterocycles. The van der Waals surface area contributed by atoms with Crippen LogP contribution in [-0.2, 0) is 6.54 Å². The molecule has 0 spiro atoms. The van der Waals surface area contributed by atoms with E-state index in [-0.39, 0.29) is 12.4 Å². The van der Waals surface area contributed by atoms with E-state index in [1.54, 1.807) is 0 Å². The first kappa shape index (κ1) is 14.3. The summed E-state index contributed by atoms with van der Waals surface area (Å²) in [6.45, 7) is 8.58. The zero-order valence-corrected chi connectivity index (χ0v) is 12.3. The minimum atomic E-state index is 0. The Hall–Kier alpha value is -1.10. The van der Waals surface area contributed by atoms with E-state index in [0.29, 0.717) is 6.04 Å². The SMILES string of the molecule is Cc1ccc2nc(CN3CCN[C@@H](C)C3)cn2c1.Cl. The van der Waals surface area contributed by atoms with Gasteiger partial charge in [-0.3, -0.25) is 4.90 Å². The Bertz CT molecular complexity index is 551. The van der Waals surface area contributed by atoms with E-state index in [1.807, 2.05) is 0 Å². The van der Waals surface area contributed by atoms with Crippen LogP contribution in [0.1, 0.15) is 18.2 Å². The van der Waals surface area contributed by atoms with Gasteiger partial charge in [-0.15, -0.1) is 12.4 Å². The molecule has 3 heterocycles. The van der Waals surface area contributed by atoms with Gasteiger partial charge in [0.1, 0.15) is 5.65 Å². The van der Waals surface area contributed by atoms with Crippen LogP contribution in [0.5, 0.6) is 0 Å². The number of pyridine rings is 1. The second-order valence-corrected chi connectivity index (χ2v) is 5.29. The first-order chi connectivity index (χ1) is 8.70. The molecule has 0 unspecified atom stereocenters. The maximum Gasteiger partial charge on any atom is 0.137 e. The van der Waals surface area contributed by atoms with E-state index in [9.17, 15) is 0 Å². The second kappa shape index (κ2) is 5.90. The standard InChI is InChI=1S/C14H20N4.ClH/c1-11-3-4-14-16-13(10-18(14)7-11)9-17-6-5-15-12(2)8-17;/h3-4,7,10,12,15H,5-6,8-9H2,1-2H3;1H/t12-;/m0./s1. The van der Waals surface area contributed by atoms with Gasteiger partial charge >= 0.3 is 0 Å². The molecule has 0 aliphatic carbocycles. The van der Waals surface area contributed by atoms with E-state index < -0.39 is 0 Å². The highest BCUT2D eigenvalue weighted by atomic mass is 35.5. The molecule has 0 radical (unpaired) electrons. The van der Waals surface area contributed by atoms with Crippen molar-refractivity contribution in [2.45, 2.75) is 26.4 Å². The number of hydrogen-bond acceptors (Lipinski definition) is 3. The molecule has 1 aliphatic rings. The number of imidazole rings is 1. The Morgan fingerprint density at radius 3 is 3.00 bits per heavy atom. The van der Waals surface area contributed by atoms with Crippen LogP contribution in [0.2, 0.25) is 0 Å². The molecule has 0 saturated carbocycles. The third kappa shape index (κ3) is 3.26. The lowest BCUT2D eigenvalue weighted by Gasteiger charge is -2.31. The molecule has 3 rings (SSSR count). The summed E-state index contributed by atoms with van der Waals surface area (Å²) in [5.41, 5.74) is 3.47. The second-order valence-electron chi connectivity index (χ2n) is 5.29. The van der Waals surface area contributed by atoms with Gasteiger partial charge in [0.05, 0.1) is 5.69 Å². The predicted molar refractivity (Wildman–Crippen MR) is 79.9 cm³/mol. The topological polar surface area (TPSA) is 32.6 Å². The molecule has 5 heteroatoms. The van der Waals surface area contributed by atoms with Crippen LogP contribution in [-0.4, -0.2) is 40.0 Å². The van der Waals surface area contributed by atoms with Crippen molar-refractivity contribution in [1.29, 1.82) is 0 Å². The van der Waals surface area contributed by atoms with Crippen molar-refractivity contribution >= 4 is 18.1 Å². The zero-order chi connectivity index (χ0) is 12.5. The molecule has 1 N–H and O–H groups in total. The number of rotatable bonds is 2. The van der Waals surface area contributed by atoms with Crippen LogP contribution in [0.25, 0.3) is 5.65 Å². The minimum absolute atomic E-state index is 0. The largest absolute Gasteiger partial charge is 0.312 e. The van der Waals surface area contributed by atoms with E-state index >= 15 is 0 Å². The summed E-state index contributed by atoms with van der Waals surface area (Å²) in [4.78, 5) is 7.14. The Balaban J connectivity index is 0.00000133. The monoisotopic (exact) mass is 280 g/mol. The molecule has 1 aliphatic heterocycles. The molecule has 1 atom stereocenters. The van der Waals surface area contributed by atoms with Gasteiger partial charge in [0, 0.05) is 44.6 Å². The van der Waals surface area contributed by atoms with Gasteiger partial charge < -0.3 is 9.72 Å². The van der Waals surface area contributed by atoms with Crippen molar-refractivity contribution in [3.8, 4) is 0 Å². The van der Waals surface area contributed by atoms with Crippen LogP contribution in [0.4, 0.5) is 0 Å². The summed E-state index contributed by atoms with van der Waals surface area (Å²) >= 11 is 0. The first-order valence-electron chi connectivity index (χ1n) is 6.61. The fourth-order valence-corrected chi connectivity index (χ4v) is 2.62. The predicted octanol–water partition coefficient (Wildman–Crippen LogP) is 1.86. The summed E-state index contributed by atoms with van der Waals surface area (Å²) in [6.07, 6.45) is 4.28. The normalized spacial score (nSPS) is 20.4. The lowest BCUT2D eigenvalue weighted by Crippen LogP contribution is -2.48. The van der Waals surface area contributed by atoms with Crippen molar-refractivity contribution in [3.05, 3.63) is 35.8 Å². The lowest BCUT2D eigenvalue weighted by atomic mass is 10.2. The molecular formula is C14H21ClN4. The van der Waals surface area contributed by atoms with Crippen LogP contribution < -0.4 is 5.32 Å². The van der Waals surface area contributed by atoms with Gasteiger partial charge in [0.15, 0.2) is 0 Å². The van der Waals surface area contributed by atoms with Gasteiger partial charge in [-0.1, -0.05) is 6.07 Å². The third-order valence-electron chi connectivity index (χ3n) is 3.49. The average Bonchev–Trinajstić information content (AvgIpc) is 2.70.